The highest BCUT2D eigenvalue weighted by molar-refractivity contribution is 5.85. The number of carbonyl (C=O) groups is 2. The van der Waals surface area contributed by atoms with Gasteiger partial charge in [0.2, 0.25) is 0 Å². The lowest BCUT2D eigenvalue weighted by Crippen LogP contribution is -2.44. The van der Waals surface area contributed by atoms with E-state index in [2.05, 4.69) is 5.32 Å². The number of hydrogen-bond acceptors (Lipinski definition) is 7. The molecule has 0 aliphatic rings. The number of nitro benzene ring substituents is 1. The highest BCUT2D eigenvalue weighted by Gasteiger charge is 2.23. The molecule has 148 valence electrons. The first-order valence-corrected chi connectivity index (χ1v) is 8.31. The van der Waals surface area contributed by atoms with Crippen LogP contribution >= 0.6 is 0 Å². The molecule has 0 bridgehead atoms. The molecule has 0 saturated carbocycles. The third-order valence-corrected chi connectivity index (χ3v) is 3.83. The zero-order valence-electron chi connectivity index (χ0n) is 15.4. The average molecular weight is 388 g/mol. The fourth-order valence-corrected chi connectivity index (χ4v) is 2.45. The van der Waals surface area contributed by atoms with Crippen molar-refractivity contribution < 1.29 is 28.7 Å². The minimum atomic E-state index is -0.908. The first-order chi connectivity index (χ1) is 13.4. The van der Waals surface area contributed by atoms with Crippen LogP contribution in [0, 0.1) is 10.1 Å². The van der Waals surface area contributed by atoms with E-state index >= 15 is 0 Å². The summed E-state index contributed by atoms with van der Waals surface area (Å²) in [4.78, 5) is 34.7. The van der Waals surface area contributed by atoms with Gasteiger partial charge in [0.05, 0.1) is 25.2 Å². The summed E-state index contributed by atoms with van der Waals surface area (Å²) in [5.41, 5.74) is 0.505. The molecule has 1 atom stereocenters. The van der Waals surface area contributed by atoms with Crippen LogP contribution in [-0.2, 0) is 20.7 Å². The number of carbonyl (C=O) groups excluding carboxylic acids is 2. The van der Waals surface area contributed by atoms with E-state index in [-0.39, 0.29) is 23.6 Å². The van der Waals surface area contributed by atoms with E-state index in [0.29, 0.717) is 0 Å². The molecule has 9 heteroatoms. The third kappa shape index (κ3) is 5.70. The van der Waals surface area contributed by atoms with Crippen LogP contribution in [0.25, 0.3) is 0 Å². The van der Waals surface area contributed by atoms with Crippen LogP contribution in [0.4, 0.5) is 5.69 Å². The lowest BCUT2D eigenvalue weighted by Gasteiger charge is -2.17. The summed E-state index contributed by atoms with van der Waals surface area (Å²) in [6, 6.07) is 12.2. The monoisotopic (exact) mass is 388 g/mol. The zero-order chi connectivity index (χ0) is 20.5. The Bertz CT molecular complexity index is 839. The van der Waals surface area contributed by atoms with Crippen LogP contribution in [0.1, 0.15) is 5.56 Å². The maximum Gasteiger partial charge on any atom is 0.328 e. The number of benzene rings is 2. The maximum absolute atomic E-state index is 12.2. The van der Waals surface area contributed by atoms with Crippen molar-refractivity contribution in [2.24, 2.45) is 0 Å². The SMILES string of the molecule is COC(=O)[C@H](Cc1ccccc1)NC(=O)COc1ccc(OC)cc1[N+](=O)[O-]. The Balaban J connectivity index is 2.03. The molecule has 2 aromatic carbocycles. The number of nitrogens with one attached hydrogen (secondary N) is 1. The summed E-state index contributed by atoms with van der Waals surface area (Å²) < 4.78 is 14.9. The van der Waals surface area contributed by atoms with Crippen molar-refractivity contribution in [2.75, 3.05) is 20.8 Å². The number of methoxy groups -OCH3 is 2. The van der Waals surface area contributed by atoms with Gasteiger partial charge in [-0.15, -0.1) is 0 Å². The number of amides is 1. The Morgan fingerprint density at radius 2 is 1.86 bits per heavy atom. The number of rotatable bonds is 9. The summed E-state index contributed by atoms with van der Waals surface area (Å²) in [6.45, 7) is -0.505. The van der Waals surface area contributed by atoms with E-state index in [1.807, 2.05) is 30.3 Å². The summed E-state index contributed by atoms with van der Waals surface area (Å²) in [7, 11) is 2.61. The fraction of sp³-hybridized carbons (Fsp3) is 0.263. The van der Waals surface area contributed by atoms with Crippen molar-refractivity contribution in [2.45, 2.75) is 12.5 Å². The minimum absolute atomic E-state index is 0.0846. The normalized spacial score (nSPS) is 11.2. The molecular formula is C19H20N2O7. The van der Waals surface area contributed by atoms with E-state index in [0.717, 1.165) is 5.56 Å². The number of nitro groups is 1. The molecule has 0 fully saturated rings. The molecule has 0 heterocycles. The van der Waals surface area contributed by atoms with Gasteiger partial charge in [-0.2, -0.15) is 0 Å². The van der Waals surface area contributed by atoms with Crippen molar-refractivity contribution >= 4 is 17.6 Å². The summed E-state index contributed by atoms with van der Waals surface area (Å²) >= 11 is 0. The van der Waals surface area contributed by atoms with Gasteiger partial charge in [-0.25, -0.2) is 4.79 Å². The highest BCUT2D eigenvalue weighted by atomic mass is 16.6. The van der Waals surface area contributed by atoms with Gasteiger partial charge in [-0.3, -0.25) is 14.9 Å². The quantitative estimate of drug-likeness (QED) is 0.396. The van der Waals surface area contributed by atoms with Gasteiger partial charge in [-0.05, 0) is 17.7 Å². The smallest absolute Gasteiger partial charge is 0.328 e. The van der Waals surface area contributed by atoms with Crippen LogP contribution in [0.2, 0.25) is 0 Å². The van der Waals surface area contributed by atoms with Gasteiger partial charge in [0.1, 0.15) is 11.8 Å². The lowest BCUT2D eigenvalue weighted by molar-refractivity contribution is -0.385. The molecule has 0 unspecified atom stereocenters. The fourth-order valence-electron chi connectivity index (χ4n) is 2.45. The lowest BCUT2D eigenvalue weighted by atomic mass is 10.1. The van der Waals surface area contributed by atoms with Crippen molar-refractivity contribution in [1.29, 1.82) is 0 Å². The van der Waals surface area contributed by atoms with E-state index in [4.69, 9.17) is 14.2 Å². The number of hydrogen-bond donors (Lipinski definition) is 1. The van der Waals surface area contributed by atoms with Gasteiger partial charge >= 0.3 is 11.7 Å². The van der Waals surface area contributed by atoms with E-state index in [1.165, 1.54) is 32.4 Å². The van der Waals surface area contributed by atoms with Gasteiger partial charge in [0.25, 0.3) is 5.91 Å². The zero-order valence-corrected chi connectivity index (χ0v) is 15.4. The van der Waals surface area contributed by atoms with Crippen LogP contribution in [0.3, 0.4) is 0 Å². The Kier molecular flexibility index (Phi) is 7.32. The molecule has 28 heavy (non-hydrogen) atoms. The molecule has 0 aromatic heterocycles. The molecule has 0 spiro atoms. The van der Waals surface area contributed by atoms with Crippen molar-refractivity contribution in [1.82, 2.24) is 5.32 Å². The molecule has 1 N–H and O–H groups in total. The largest absolute Gasteiger partial charge is 0.496 e. The second-order valence-electron chi connectivity index (χ2n) is 5.71. The molecule has 1 amide bonds. The molecule has 2 rings (SSSR count). The van der Waals surface area contributed by atoms with Crippen LogP contribution in [-0.4, -0.2) is 43.7 Å². The summed E-state index contributed by atoms with van der Waals surface area (Å²) in [5, 5.41) is 13.7. The minimum Gasteiger partial charge on any atom is -0.496 e. The Labute approximate surface area is 161 Å². The first-order valence-electron chi connectivity index (χ1n) is 8.31. The molecule has 0 radical (unpaired) electrons. The molecule has 0 aliphatic carbocycles. The summed E-state index contributed by atoms with van der Waals surface area (Å²) in [6.07, 6.45) is 0.238. The van der Waals surface area contributed by atoms with E-state index < -0.39 is 29.4 Å². The van der Waals surface area contributed by atoms with Crippen molar-refractivity contribution in [3.63, 3.8) is 0 Å². The average Bonchev–Trinajstić information content (AvgIpc) is 2.71. The predicted octanol–water partition coefficient (Wildman–Crippen LogP) is 1.88. The molecular weight excluding hydrogens is 368 g/mol. The second-order valence-corrected chi connectivity index (χ2v) is 5.71. The van der Waals surface area contributed by atoms with Gasteiger partial charge in [0, 0.05) is 6.42 Å². The first kappa shape index (κ1) is 20.7. The summed E-state index contributed by atoms with van der Waals surface area (Å²) in [5.74, 6) is -1.01. The van der Waals surface area contributed by atoms with Crippen LogP contribution in [0.15, 0.2) is 48.5 Å². The van der Waals surface area contributed by atoms with Gasteiger partial charge in [0.15, 0.2) is 12.4 Å². The van der Waals surface area contributed by atoms with Gasteiger partial charge < -0.3 is 19.5 Å². The highest BCUT2D eigenvalue weighted by Crippen LogP contribution is 2.30. The maximum atomic E-state index is 12.2. The van der Waals surface area contributed by atoms with Gasteiger partial charge in [-0.1, -0.05) is 30.3 Å². The molecule has 0 saturated heterocycles. The topological polar surface area (TPSA) is 117 Å². The Morgan fingerprint density at radius 1 is 1.14 bits per heavy atom. The molecule has 0 aliphatic heterocycles. The van der Waals surface area contributed by atoms with E-state index in [9.17, 15) is 19.7 Å². The van der Waals surface area contributed by atoms with E-state index in [1.54, 1.807) is 0 Å². The third-order valence-electron chi connectivity index (χ3n) is 3.83. The second kappa shape index (κ2) is 9.91. The van der Waals surface area contributed by atoms with Crippen LogP contribution in [0.5, 0.6) is 11.5 Å². The Hall–Kier alpha value is -3.62. The standard InChI is InChI=1S/C19H20N2O7/c1-26-14-8-9-17(16(11-14)21(24)25)28-12-18(22)20-15(19(23)27-2)10-13-6-4-3-5-7-13/h3-9,11,15H,10,12H2,1-2H3,(H,20,22)/t15-/m0/s1. The van der Waals surface area contributed by atoms with Crippen molar-refractivity contribution in [3.05, 3.63) is 64.2 Å². The predicted molar refractivity (Wildman–Crippen MR) is 99.2 cm³/mol. The molecule has 2 aromatic rings. The van der Waals surface area contributed by atoms with Crippen LogP contribution < -0.4 is 14.8 Å². The number of nitrogens with zero attached hydrogens (tertiary/aromatic N) is 1. The van der Waals surface area contributed by atoms with Crippen molar-refractivity contribution in [3.8, 4) is 11.5 Å². The number of ether oxygens (including phenoxy) is 3. The Morgan fingerprint density at radius 3 is 2.46 bits per heavy atom. The molecule has 9 nitrogen and oxygen atoms in total. The number of esters is 1.